The lowest BCUT2D eigenvalue weighted by Crippen LogP contribution is -2.28. The minimum Gasteiger partial charge on any atom is -0.493 e. The molecule has 1 aromatic heterocycles. The zero-order valence-corrected chi connectivity index (χ0v) is 11.4. The first-order valence-electron chi connectivity index (χ1n) is 6.98. The lowest BCUT2D eigenvalue weighted by Gasteiger charge is -2.19. The Morgan fingerprint density at radius 2 is 2.25 bits per heavy atom. The number of ether oxygens (including phenoxy) is 1. The number of nitrogens with two attached hydrogens (primary N) is 1. The van der Waals surface area contributed by atoms with Crippen molar-refractivity contribution in [1.29, 1.82) is 0 Å². The fourth-order valence-electron chi connectivity index (χ4n) is 2.70. The van der Waals surface area contributed by atoms with E-state index in [2.05, 4.69) is 34.7 Å². The molecule has 0 saturated heterocycles. The Balaban J connectivity index is 1.75. The molecule has 1 unspecified atom stereocenters. The maximum absolute atomic E-state index is 5.76. The SMILES string of the molecule is NNC(CCc1cccnc1)c1cccc2c1OCC2. The number of hydrazine groups is 1. The van der Waals surface area contributed by atoms with E-state index in [9.17, 15) is 0 Å². The molecular weight excluding hydrogens is 250 g/mol. The summed E-state index contributed by atoms with van der Waals surface area (Å²) >= 11 is 0. The predicted octanol–water partition coefficient (Wildman–Crippen LogP) is 2.15. The van der Waals surface area contributed by atoms with E-state index in [-0.39, 0.29) is 6.04 Å². The normalized spacial score (nSPS) is 14.7. The van der Waals surface area contributed by atoms with Crippen LogP contribution in [0.3, 0.4) is 0 Å². The highest BCUT2D eigenvalue weighted by Crippen LogP contribution is 2.34. The maximum atomic E-state index is 5.76. The topological polar surface area (TPSA) is 60.2 Å². The summed E-state index contributed by atoms with van der Waals surface area (Å²) in [5.41, 5.74) is 6.58. The predicted molar refractivity (Wildman–Crippen MR) is 78.3 cm³/mol. The third-order valence-electron chi connectivity index (χ3n) is 3.77. The molecule has 0 amide bonds. The average molecular weight is 269 g/mol. The molecule has 1 atom stereocenters. The summed E-state index contributed by atoms with van der Waals surface area (Å²) in [7, 11) is 0. The van der Waals surface area contributed by atoms with Crippen LogP contribution < -0.4 is 16.0 Å². The van der Waals surface area contributed by atoms with Crippen molar-refractivity contribution >= 4 is 0 Å². The number of pyridine rings is 1. The number of aryl methyl sites for hydroxylation is 1. The second-order valence-electron chi connectivity index (χ2n) is 5.05. The van der Waals surface area contributed by atoms with Crippen LogP contribution in [0.1, 0.15) is 29.2 Å². The molecule has 3 N–H and O–H groups in total. The number of nitrogens with zero attached hydrogens (tertiary/aromatic N) is 1. The van der Waals surface area contributed by atoms with Gasteiger partial charge in [0, 0.05) is 30.4 Å². The van der Waals surface area contributed by atoms with E-state index < -0.39 is 0 Å². The second-order valence-corrected chi connectivity index (χ2v) is 5.05. The first-order chi connectivity index (χ1) is 9.88. The van der Waals surface area contributed by atoms with Gasteiger partial charge >= 0.3 is 0 Å². The second kappa shape index (κ2) is 6.03. The Kier molecular flexibility index (Phi) is 3.95. The van der Waals surface area contributed by atoms with Crippen molar-refractivity contribution in [3.05, 3.63) is 59.4 Å². The number of para-hydroxylation sites is 1. The molecule has 104 valence electrons. The van der Waals surface area contributed by atoms with E-state index in [0.717, 1.165) is 37.2 Å². The van der Waals surface area contributed by atoms with Crippen molar-refractivity contribution in [3.8, 4) is 5.75 Å². The Hall–Kier alpha value is -1.91. The van der Waals surface area contributed by atoms with E-state index in [0.29, 0.717) is 0 Å². The molecule has 0 radical (unpaired) electrons. The van der Waals surface area contributed by atoms with Gasteiger partial charge in [0.05, 0.1) is 6.61 Å². The molecule has 1 aromatic carbocycles. The van der Waals surface area contributed by atoms with Gasteiger partial charge in [-0.3, -0.25) is 16.3 Å². The molecule has 4 nitrogen and oxygen atoms in total. The summed E-state index contributed by atoms with van der Waals surface area (Å²) in [5, 5.41) is 0. The largest absolute Gasteiger partial charge is 0.493 e. The molecule has 2 aromatic rings. The van der Waals surface area contributed by atoms with Gasteiger partial charge in [0.25, 0.3) is 0 Å². The Morgan fingerprint density at radius 3 is 3.05 bits per heavy atom. The number of rotatable bonds is 5. The summed E-state index contributed by atoms with van der Waals surface area (Å²) < 4.78 is 5.76. The molecule has 4 heteroatoms. The van der Waals surface area contributed by atoms with Crippen molar-refractivity contribution in [2.24, 2.45) is 5.84 Å². The molecular formula is C16H19N3O. The lowest BCUT2D eigenvalue weighted by atomic mass is 9.97. The maximum Gasteiger partial charge on any atom is 0.127 e. The minimum absolute atomic E-state index is 0.100. The van der Waals surface area contributed by atoms with Gasteiger partial charge in [0.1, 0.15) is 5.75 Å². The molecule has 0 aliphatic carbocycles. The van der Waals surface area contributed by atoms with Crippen molar-refractivity contribution < 1.29 is 4.74 Å². The molecule has 1 aliphatic heterocycles. The molecule has 0 saturated carbocycles. The highest BCUT2D eigenvalue weighted by atomic mass is 16.5. The number of nitrogens with one attached hydrogen (secondary N) is 1. The van der Waals surface area contributed by atoms with Crippen molar-refractivity contribution in [2.75, 3.05) is 6.61 Å². The first-order valence-corrected chi connectivity index (χ1v) is 6.98. The summed E-state index contributed by atoms with van der Waals surface area (Å²) in [6.07, 6.45) is 6.54. The molecule has 2 heterocycles. The quantitative estimate of drug-likeness (QED) is 0.645. The van der Waals surface area contributed by atoms with Crippen LogP contribution in [0.2, 0.25) is 0 Å². The van der Waals surface area contributed by atoms with Crippen LogP contribution in [-0.2, 0) is 12.8 Å². The third-order valence-corrected chi connectivity index (χ3v) is 3.77. The van der Waals surface area contributed by atoms with E-state index >= 15 is 0 Å². The Bertz CT molecular complexity index is 571. The standard InChI is InChI=1S/C16H19N3O/c17-19-15(7-6-12-3-2-9-18-11-12)14-5-1-4-13-8-10-20-16(13)14/h1-5,9,11,15,19H,6-8,10,17H2. The Labute approximate surface area is 119 Å². The fraction of sp³-hybridized carbons (Fsp3) is 0.312. The third kappa shape index (κ3) is 2.66. The summed E-state index contributed by atoms with van der Waals surface area (Å²) in [6.45, 7) is 0.770. The average Bonchev–Trinajstić information content (AvgIpc) is 2.98. The molecule has 20 heavy (non-hydrogen) atoms. The van der Waals surface area contributed by atoms with Crippen molar-refractivity contribution in [2.45, 2.75) is 25.3 Å². The highest BCUT2D eigenvalue weighted by molar-refractivity contribution is 5.45. The van der Waals surface area contributed by atoms with E-state index in [1.54, 1.807) is 6.20 Å². The van der Waals surface area contributed by atoms with E-state index in [1.807, 2.05) is 12.3 Å². The van der Waals surface area contributed by atoms with Crippen LogP contribution in [0, 0.1) is 0 Å². The van der Waals surface area contributed by atoms with Crippen molar-refractivity contribution in [1.82, 2.24) is 10.4 Å². The highest BCUT2D eigenvalue weighted by Gasteiger charge is 2.21. The van der Waals surface area contributed by atoms with Crippen LogP contribution in [0.25, 0.3) is 0 Å². The minimum atomic E-state index is 0.100. The molecule has 0 spiro atoms. The van der Waals surface area contributed by atoms with Crippen LogP contribution in [0.5, 0.6) is 5.75 Å². The van der Waals surface area contributed by atoms with Crippen LogP contribution in [-0.4, -0.2) is 11.6 Å². The summed E-state index contributed by atoms with van der Waals surface area (Å²) in [4.78, 5) is 4.14. The van der Waals surface area contributed by atoms with Gasteiger partial charge in [-0.05, 0) is 30.0 Å². The monoisotopic (exact) mass is 269 g/mol. The van der Waals surface area contributed by atoms with Gasteiger partial charge in [-0.2, -0.15) is 0 Å². The number of fused-ring (bicyclic) bond motifs is 1. The molecule has 0 bridgehead atoms. The Morgan fingerprint density at radius 1 is 1.30 bits per heavy atom. The number of hydrogen-bond donors (Lipinski definition) is 2. The smallest absolute Gasteiger partial charge is 0.127 e. The van der Waals surface area contributed by atoms with Gasteiger partial charge in [0.15, 0.2) is 0 Å². The van der Waals surface area contributed by atoms with Gasteiger partial charge in [-0.15, -0.1) is 0 Å². The molecule has 1 aliphatic rings. The van der Waals surface area contributed by atoms with Crippen LogP contribution in [0.15, 0.2) is 42.7 Å². The van der Waals surface area contributed by atoms with Gasteiger partial charge in [-0.25, -0.2) is 0 Å². The van der Waals surface area contributed by atoms with Gasteiger partial charge in [-0.1, -0.05) is 24.3 Å². The number of aromatic nitrogens is 1. The molecule has 0 fully saturated rings. The summed E-state index contributed by atoms with van der Waals surface area (Å²) in [6, 6.07) is 10.5. The van der Waals surface area contributed by atoms with Crippen LogP contribution in [0.4, 0.5) is 0 Å². The zero-order valence-electron chi connectivity index (χ0n) is 11.4. The zero-order chi connectivity index (χ0) is 13.8. The number of benzene rings is 1. The van der Waals surface area contributed by atoms with E-state index in [4.69, 9.17) is 10.6 Å². The lowest BCUT2D eigenvalue weighted by molar-refractivity contribution is 0.347. The first kappa shape index (κ1) is 13.1. The fourth-order valence-corrected chi connectivity index (χ4v) is 2.70. The van der Waals surface area contributed by atoms with Crippen molar-refractivity contribution in [3.63, 3.8) is 0 Å². The summed E-state index contributed by atoms with van der Waals surface area (Å²) in [5.74, 6) is 6.76. The van der Waals surface area contributed by atoms with Crippen LogP contribution >= 0.6 is 0 Å². The van der Waals surface area contributed by atoms with Gasteiger partial charge in [0.2, 0.25) is 0 Å². The molecule has 3 rings (SSSR count). The number of hydrogen-bond acceptors (Lipinski definition) is 4. The van der Waals surface area contributed by atoms with Gasteiger partial charge < -0.3 is 4.74 Å². The van der Waals surface area contributed by atoms with E-state index in [1.165, 1.54) is 11.1 Å².